The highest BCUT2D eigenvalue weighted by Crippen LogP contribution is 2.21. The van der Waals surface area contributed by atoms with Gasteiger partial charge in [0.25, 0.3) is 0 Å². The summed E-state index contributed by atoms with van der Waals surface area (Å²) in [4.78, 5) is 0. The van der Waals surface area contributed by atoms with Crippen LogP contribution in [0.2, 0.25) is 0 Å². The Hall–Kier alpha value is -1.53. The van der Waals surface area contributed by atoms with Crippen LogP contribution in [0.5, 0.6) is 5.75 Å². The van der Waals surface area contributed by atoms with Gasteiger partial charge in [0, 0.05) is 7.11 Å². The lowest BCUT2D eigenvalue weighted by Gasteiger charge is -2.09. The molecule has 0 aliphatic heterocycles. The predicted molar refractivity (Wildman–Crippen MR) is 57.6 cm³/mol. The molecule has 0 aliphatic carbocycles. The van der Waals surface area contributed by atoms with E-state index in [0.29, 0.717) is 6.61 Å². The fourth-order valence-electron chi connectivity index (χ4n) is 1.25. The smallest absolute Gasteiger partial charge is 0.168 e. The first kappa shape index (κ1) is 11.5. The van der Waals surface area contributed by atoms with Crippen molar-refractivity contribution in [1.29, 1.82) is 5.26 Å². The minimum atomic E-state index is -0.518. The molecule has 0 spiro atoms. The Labute approximate surface area is 90.2 Å². The summed E-state index contributed by atoms with van der Waals surface area (Å²) in [6, 6.07) is 9.51. The topological polar surface area (TPSA) is 42.2 Å². The quantitative estimate of drug-likeness (QED) is 0.742. The van der Waals surface area contributed by atoms with Crippen LogP contribution in [0, 0.1) is 11.3 Å². The van der Waals surface area contributed by atoms with Gasteiger partial charge in [-0.25, -0.2) is 0 Å². The molecule has 0 bridgehead atoms. The number of nitrogens with zero attached hydrogens (tertiary/aromatic N) is 1. The molecule has 0 aliphatic rings. The van der Waals surface area contributed by atoms with Crippen molar-refractivity contribution in [3.05, 3.63) is 29.8 Å². The second-order valence-electron chi connectivity index (χ2n) is 3.17. The molecule has 80 valence electrons. The summed E-state index contributed by atoms with van der Waals surface area (Å²) in [5.74, 6) is 0.784. The lowest BCUT2D eigenvalue weighted by molar-refractivity contribution is 0.148. The average Bonchev–Trinajstić information content (AvgIpc) is 2.29. The number of hydrogen-bond donors (Lipinski definition) is 0. The zero-order chi connectivity index (χ0) is 11.1. The number of ether oxygens (including phenoxy) is 2. The van der Waals surface area contributed by atoms with Gasteiger partial charge in [-0.2, -0.15) is 5.26 Å². The summed E-state index contributed by atoms with van der Waals surface area (Å²) in [6.07, 6.45) is 0.450. The molecule has 3 heteroatoms. The van der Waals surface area contributed by atoms with Crippen molar-refractivity contribution in [2.24, 2.45) is 0 Å². The Balaban J connectivity index is 2.78. The molecule has 0 saturated heterocycles. The van der Waals surface area contributed by atoms with E-state index >= 15 is 0 Å². The van der Waals surface area contributed by atoms with Gasteiger partial charge in [-0.15, -0.1) is 0 Å². The third-order valence-electron chi connectivity index (χ3n) is 1.99. The largest absolute Gasteiger partial charge is 0.494 e. The van der Waals surface area contributed by atoms with Gasteiger partial charge >= 0.3 is 0 Å². The van der Waals surface area contributed by atoms with E-state index in [2.05, 4.69) is 13.0 Å². The van der Waals surface area contributed by atoms with Crippen LogP contribution in [0.25, 0.3) is 0 Å². The van der Waals surface area contributed by atoms with Crippen LogP contribution in [0.1, 0.15) is 25.0 Å². The molecular formula is C12H15NO2. The number of rotatable bonds is 5. The molecule has 0 aromatic heterocycles. The van der Waals surface area contributed by atoms with Crippen LogP contribution in [-0.2, 0) is 4.74 Å². The van der Waals surface area contributed by atoms with E-state index in [1.807, 2.05) is 24.3 Å². The second kappa shape index (κ2) is 6.05. The highest BCUT2D eigenvalue weighted by Gasteiger charge is 2.09. The van der Waals surface area contributed by atoms with Crippen molar-refractivity contribution < 1.29 is 9.47 Å². The molecule has 0 heterocycles. The Morgan fingerprint density at radius 3 is 2.87 bits per heavy atom. The van der Waals surface area contributed by atoms with Gasteiger partial charge < -0.3 is 9.47 Å². The molecule has 0 radical (unpaired) electrons. The summed E-state index contributed by atoms with van der Waals surface area (Å²) in [5.41, 5.74) is 0.827. The lowest BCUT2D eigenvalue weighted by atomic mass is 10.1. The molecule has 0 N–H and O–H groups in total. The highest BCUT2D eigenvalue weighted by molar-refractivity contribution is 5.32. The molecule has 1 unspecified atom stereocenters. The van der Waals surface area contributed by atoms with E-state index in [1.54, 1.807) is 0 Å². The Morgan fingerprint density at radius 2 is 2.27 bits per heavy atom. The fraction of sp³-hybridized carbons (Fsp3) is 0.417. The van der Waals surface area contributed by atoms with Crippen molar-refractivity contribution >= 4 is 0 Å². The molecule has 15 heavy (non-hydrogen) atoms. The molecule has 1 aromatic carbocycles. The van der Waals surface area contributed by atoms with Crippen LogP contribution in [0.15, 0.2) is 24.3 Å². The van der Waals surface area contributed by atoms with Crippen LogP contribution < -0.4 is 4.74 Å². The summed E-state index contributed by atoms with van der Waals surface area (Å²) in [5, 5.41) is 8.83. The van der Waals surface area contributed by atoms with E-state index in [0.717, 1.165) is 17.7 Å². The first-order valence-electron chi connectivity index (χ1n) is 4.97. The van der Waals surface area contributed by atoms with Crippen molar-refractivity contribution in [1.82, 2.24) is 0 Å². The zero-order valence-corrected chi connectivity index (χ0v) is 9.06. The van der Waals surface area contributed by atoms with Crippen molar-refractivity contribution in [3.63, 3.8) is 0 Å². The molecule has 3 nitrogen and oxygen atoms in total. The fourth-order valence-corrected chi connectivity index (χ4v) is 1.25. The first-order valence-corrected chi connectivity index (χ1v) is 4.97. The van der Waals surface area contributed by atoms with Gasteiger partial charge in [0.15, 0.2) is 6.10 Å². The zero-order valence-electron chi connectivity index (χ0n) is 9.06. The number of nitriles is 1. The van der Waals surface area contributed by atoms with Gasteiger partial charge in [-0.1, -0.05) is 19.1 Å². The Kier molecular flexibility index (Phi) is 4.65. The SMILES string of the molecule is CCCOc1cccc(C(C#N)OC)c1. The molecule has 0 saturated carbocycles. The van der Waals surface area contributed by atoms with Crippen LogP contribution in [-0.4, -0.2) is 13.7 Å². The first-order chi connectivity index (χ1) is 7.31. The molecule has 1 aromatic rings. The number of benzene rings is 1. The summed E-state index contributed by atoms with van der Waals surface area (Å²) >= 11 is 0. The van der Waals surface area contributed by atoms with Crippen LogP contribution >= 0.6 is 0 Å². The summed E-state index contributed by atoms with van der Waals surface area (Å²) in [7, 11) is 1.52. The molecule has 1 atom stereocenters. The molecule has 0 amide bonds. The van der Waals surface area contributed by atoms with E-state index in [9.17, 15) is 0 Å². The van der Waals surface area contributed by atoms with Gasteiger partial charge in [-0.3, -0.25) is 0 Å². The lowest BCUT2D eigenvalue weighted by Crippen LogP contribution is -2.00. The number of methoxy groups -OCH3 is 1. The third kappa shape index (κ3) is 3.26. The highest BCUT2D eigenvalue weighted by atomic mass is 16.5. The molecule has 1 rings (SSSR count). The minimum absolute atomic E-state index is 0.518. The van der Waals surface area contributed by atoms with E-state index in [1.165, 1.54) is 7.11 Å². The predicted octanol–water partition coefficient (Wildman–Crippen LogP) is 2.69. The monoisotopic (exact) mass is 205 g/mol. The Bertz CT molecular complexity index is 344. The van der Waals surface area contributed by atoms with E-state index in [4.69, 9.17) is 14.7 Å². The van der Waals surface area contributed by atoms with Crippen LogP contribution in [0.4, 0.5) is 0 Å². The second-order valence-corrected chi connectivity index (χ2v) is 3.17. The summed E-state index contributed by atoms with van der Waals surface area (Å²) < 4.78 is 10.5. The third-order valence-corrected chi connectivity index (χ3v) is 1.99. The number of hydrogen-bond acceptors (Lipinski definition) is 3. The van der Waals surface area contributed by atoms with E-state index in [-0.39, 0.29) is 0 Å². The van der Waals surface area contributed by atoms with Crippen LogP contribution in [0.3, 0.4) is 0 Å². The minimum Gasteiger partial charge on any atom is -0.494 e. The van der Waals surface area contributed by atoms with Gasteiger partial charge in [0.05, 0.1) is 12.7 Å². The Morgan fingerprint density at radius 1 is 1.47 bits per heavy atom. The maximum absolute atomic E-state index is 8.83. The van der Waals surface area contributed by atoms with Crippen molar-refractivity contribution in [3.8, 4) is 11.8 Å². The van der Waals surface area contributed by atoms with Crippen molar-refractivity contribution in [2.45, 2.75) is 19.4 Å². The molecular weight excluding hydrogens is 190 g/mol. The van der Waals surface area contributed by atoms with Gasteiger partial charge in [0.1, 0.15) is 5.75 Å². The van der Waals surface area contributed by atoms with Gasteiger partial charge in [-0.05, 0) is 24.1 Å². The molecule has 0 fully saturated rings. The van der Waals surface area contributed by atoms with Crippen molar-refractivity contribution in [2.75, 3.05) is 13.7 Å². The normalized spacial score (nSPS) is 11.8. The van der Waals surface area contributed by atoms with E-state index < -0.39 is 6.10 Å². The maximum atomic E-state index is 8.83. The van der Waals surface area contributed by atoms with Gasteiger partial charge in [0.2, 0.25) is 0 Å². The average molecular weight is 205 g/mol. The summed E-state index contributed by atoms with van der Waals surface area (Å²) in [6.45, 7) is 2.74. The maximum Gasteiger partial charge on any atom is 0.168 e. The standard InChI is InChI=1S/C12H15NO2/c1-3-7-15-11-6-4-5-10(8-11)12(9-13)14-2/h4-6,8,12H,3,7H2,1-2H3.